The maximum absolute atomic E-state index is 4.44. The molecule has 4 heteroatoms. The van der Waals surface area contributed by atoms with Crippen LogP contribution in [-0.2, 0) is 14.5 Å². The molecule has 0 spiro atoms. The molecule has 0 amide bonds. The molecular weight excluding hydrogens is 112 g/mol. The smallest absolute Gasteiger partial charge is 0.197 e. The minimum absolute atomic E-state index is 0.559. The van der Waals surface area contributed by atoms with Crippen LogP contribution in [0.1, 0.15) is 13.3 Å². The van der Waals surface area contributed by atoms with Crippen LogP contribution < -0.4 is 0 Å². The first-order chi connectivity index (χ1) is 3.41. The summed E-state index contributed by atoms with van der Waals surface area (Å²) in [5.41, 5.74) is 0. The van der Waals surface area contributed by atoms with Crippen LogP contribution in [0.4, 0.5) is 0 Å². The lowest BCUT2D eigenvalue weighted by atomic mass is 10.5. The average Bonchev–Trinajstić information content (AvgIpc) is 1.69. The van der Waals surface area contributed by atoms with Gasteiger partial charge in [-0.3, -0.25) is 4.58 Å². The van der Waals surface area contributed by atoms with Crippen LogP contribution in [0.3, 0.4) is 0 Å². The van der Waals surface area contributed by atoms with E-state index in [1.165, 1.54) is 0 Å². The Morgan fingerprint density at radius 1 is 1.57 bits per heavy atom. The Kier molecular flexibility index (Phi) is 6.18. The van der Waals surface area contributed by atoms with E-state index in [0.717, 1.165) is 6.42 Å². The summed E-state index contributed by atoms with van der Waals surface area (Å²) < 4.78 is 4.26. The molecule has 0 aliphatic carbocycles. The molecule has 0 fully saturated rings. The van der Waals surface area contributed by atoms with Crippen molar-refractivity contribution in [1.29, 1.82) is 0 Å². The van der Waals surface area contributed by atoms with Gasteiger partial charge in [0.05, 0.1) is 6.61 Å². The first-order valence-corrected chi connectivity index (χ1v) is 3.05. The van der Waals surface area contributed by atoms with Gasteiger partial charge in [-0.2, -0.15) is 0 Å². The molecule has 0 heterocycles. The van der Waals surface area contributed by atoms with Gasteiger partial charge < -0.3 is 0 Å². The summed E-state index contributed by atoms with van der Waals surface area (Å²) in [5, 5.41) is 4.14. The highest BCUT2D eigenvalue weighted by molar-refractivity contribution is 5.97. The quantitative estimate of drug-likeness (QED) is 0.219. The van der Waals surface area contributed by atoms with Crippen LogP contribution in [0.25, 0.3) is 0 Å². The second-order valence-electron chi connectivity index (χ2n) is 1.06. The standard InChI is InChI=1S/C3H10O3Si/c1-2-3-4-5-6-7/h2-3H2,1,7H3. The third-order valence-electron chi connectivity index (χ3n) is 0.404. The van der Waals surface area contributed by atoms with Gasteiger partial charge in [0.2, 0.25) is 0 Å². The zero-order valence-electron chi connectivity index (χ0n) is 4.64. The average molecular weight is 122 g/mol. The molecule has 0 aliphatic rings. The summed E-state index contributed by atoms with van der Waals surface area (Å²) in [4.78, 5) is 4.44. The van der Waals surface area contributed by atoms with E-state index in [1.807, 2.05) is 6.92 Å². The van der Waals surface area contributed by atoms with Crippen molar-refractivity contribution in [1.82, 2.24) is 0 Å². The Balaban J connectivity index is 2.45. The molecule has 0 N–H and O–H groups in total. The molecule has 0 aromatic rings. The molecule has 0 bridgehead atoms. The van der Waals surface area contributed by atoms with Gasteiger partial charge in [0.1, 0.15) is 0 Å². The van der Waals surface area contributed by atoms with Gasteiger partial charge in [0.25, 0.3) is 0 Å². The van der Waals surface area contributed by atoms with Crippen molar-refractivity contribution in [3.8, 4) is 0 Å². The Labute approximate surface area is 46.0 Å². The van der Waals surface area contributed by atoms with Crippen molar-refractivity contribution in [2.75, 3.05) is 6.61 Å². The third kappa shape index (κ3) is 6.10. The maximum Gasteiger partial charge on any atom is 0.197 e. The lowest BCUT2D eigenvalue weighted by Crippen LogP contribution is -1.93. The molecular formula is C3H10O3Si. The molecule has 0 aliphatic heterocycles. The van der Waals surface area contributed by atoms with Crippen molar-refractivity contribution in [2.45, 2.75) is 13.3 Å². The highest BCUT2D eigenvalue weighted by Gasteiger charge is 1.78. The molecule has 0 saturated heterocycles. The lowest BCUT2D eigenvalue weighted by Gasteiger charge is -1.94. The fourth-order valence-electron chi connectivity index (χ4n) is 0.165. The topological polar surface area (TPSA) is 27.7 Å². The predicted molar refractivity (Wildman–Crippen MR) is 28.4 cm³/mol. The van der Waals surface area contributed by atoms with Gasteiger partial charge in [-0.25, -0.2) is 4.89 Å². The molecule has 44 valence electrons. The van der Waals surface area contributed by atoms with Gasteiger partial charge in [-0.05, 0) is 6.42 Å². The molecule has 0 saturated carbocycles. The minimum Gasteiger partial charge on any atom is -0.269 e. The van der Waals surface area contributed by atoms with Crippen molar-refractivity contribution in [3.05, 3.63) is 0 Å². The third-order valence-corrected chi connectivity index (χ3v) is 0.540. The van der Waals surface area contributed by atoms with Gasteiger partial charge in [0, 0.05) is 0 Å². The Morgan fingerprint density at radius 3 is 2.71 bits per heavy atom. The van der Waals surface area contributed by atoms with Crippen LogP contribution in [0.2, 0.25) is 0 Å². The van der Waals surface area contributed by atoms with Gasteiger partial charge in [-0.15, -0.1) is 0 Å². The number of hydrogen-bond acceptors (Lipinski definition) is 3. The Morgan fingerprint density at radius 2 is 2.29 bits per heavy atom. The van der Waals surface area contributed by atoms with E-state index < -0.39 is 0 Å². The molecule has 0 radical (unpaired) electrons. The normalized spacial score (nSPS) is 9.86. The monoisotopic (exact) mass is 122 g/mol. The lowest BCUT2D eigenvalue weighted by molar-refractivity contribution is -0.466. The maximum atomic E-state index is 4.44. The molecule has 0 rings (SSSR count). The zero-order valence-corrected chi connectivity index (χ0v) is 6.64. The summed E-state index contributed by atoms with van der Waals surface area (Å²) >= 11 is 0. The highest BCUT2D eigenvalue weighted by Crippen LogP contribution is 1.79. The van der Waals surface area contributed by atoms with Gasteiger partial charge in [0.15, 0.2) is 10.5 Å². The van der Waals surface area contributed by atoms with Crippen LogP contribution in [0.15, 0.2) is 0 Å². The fourth-order valence-corrected chi connectivity index (χ4v) is 0.262. The van der Waals surface area contributed by atoms with Crippen molar-refractivity contribution < 1.29 is 14.5 Å². The summed E-state index contributed by atoms with van der Waals surface area (Å²) in [7, 11) is 0.559. The van der Waals surface area contributed by atoms with E-state index in [9.17, 15) is 0 Å². The number of rotatable bonds is 4. The van der Waals surface area contributed by atoms with Crippen LogP contribution >= 0.6 is 0 Å². The predicted octanol–water partition coefficient (Wildman–Crippen LogP) is -0.443. The summed E-state index contributed by atoms with van der Waals surface area (Å²) in [5.74, 6) is 0. The summed E-state index contributed by atoms with van der Waals surface area (Å²) in [6.07, 6.45) is 0.949. The van der Waals surface area contributed by atoms with Crippen LogP contribution in [0.5, 0.6) is 0 Å². The van der Waals surface area contributed by atoms with E-state index in [1.54, 1.807) is 0 Å². The fraction of sp³-hybridized carbons (Fsp3) is 1.00. The molecule has 0 unspecified atom stereocenters. The molecule has 0 atom stereocenters. The van der Waals surface area contributed by atoms with E-state index >= 15 is 0 Å². The molecule has 7 heavy (non-hydrogen) atoms. The second-order valence-corrected chi connectivity index (χ2v) is 1.39. The Bertz CT molecular complexity index is 29.4. The van der Waals surface area contributed by atoms with E-state index in [-0.39, 0.29) is 0 Å². The SMILES string of the molecule is CCCOOO[SiH3]. The first kappa shape index (κ1) is 7.10. The molecule has 3 nitrogen and oxygen atoms in total. The highest BCUT2D eigenvalue weighted by atomic mass is 28.2. The van der Waals surface area contributed by atoms with Crippen LogP contribution in [0, 0.1) is 0 Å². The Hall–Kier alpha value is 0.0969. The van der Waals surface area contributed by atoms with Crippen molar-refractivity contribution >= 4 is 10.5 Å². The summed E-state index contributed by atoms with van der Waals surface area (Å²) in [6, 6.07) is 0. The minimum atomic E-state index is 0.559. The zero-order chi connectivity index (χ0) is 5.54. The van der Waals surface area contributed by atoms with Crippen molar-refractivity contribution in [2.24, 2.45) is 0 Å². The van der Waals surface area contributed by atoms with Crippen LogP contribution in [-0.4, -0.2) is 17.1 Å². The second kappa shape index (κ2) is 6.10. The number of hydrogen-bond donors (Lipinski definition) is 0. The van der Waals surface area contributed by atoms with E-state index in [4.69, 9.17) is 0 Å². The van der Waals surface area contributed by atoms with Crippen molar-refractivity contribution in [3.63, 3.8) is 0 Å². The molecule has 0 aromatic carbocycles. The first-order valence-electron chi connectivity index (χ1n) is 2.24. The van der Waals surface area contributed by atoms with Gasteiger partial charge in [-0.1, -0.05) is 12.0 Å². The summed E-state index contributed by atoms with van der Waals surface area (Å²) in [6.45, 7) is 2.60. The largest absolute Gasteiger partial charge is 0.269 e. The van der Waals surface area contributed by atoms with E-state index in [0.29, 0.717) is 17.1 Å². The van der Waals surface area contributed by atoms with E-state index in [2.05, 4.69) is 14.5 Å². The van der Waals surface area contributed by atoms with Gasteiger partial charge >= 0.3 is 0 Å². The molecule has 0 aromatic heterocycles.